The number of rotatable bonds is 5. The van der Waals surface area contributed by atoms with Gasteiger partial charge in [0, 0.05) is 24.0 Å². The number of ether oxygens (including phenoxy) is 1. The topological polar surface area (TPSA) is 89.9 Å². The van der Waals surface area contributed by atoms with Crippen molar-refractivity contribution in [2.75, 3.05) is 6.54 Å². The van der Waals surface area contributed by atoms with Gasteiger partial charge in [0.2, 0.25) is 0 Å². The van der Waals surface area contributed by atoms with Gasteiger partial charge in [-0.05, 0) is 85.9 Å². The summed E-state index contributed by atoms with van der Waals surface area (Å²) in [5.74, 6) is 0.135. The minimum Gasteiger partial charge on any atom is -0.369 e. The molecule has 2 aliphatic carbocycles. The van der Waals surface area contributed by atoms with Crippen LogP contribution in [-0.4, -0.2) is 42.1 Å². The number of hydrogen-bond donors (Lipinski definition) is 2. The Hall–Kier alpha value is -2.84. The van der Waals surface area contributed by atoms with E-state index in [1.165, 1.54) is 5.56 Å². The Morgan fingerprint density at radius 1 is 1.14 bits per heavy atom. The van der Waals surface area contributed by atoms with E-state index in [0.717, 1.165) is 28.8 Å². The van der Waals surface area contributed by atoms with Gasteiger partial charge < -0.3 is 15.8 Å². The number of nitrogens with zero attached hydrogens (tertiary/aromatic N) is 2. The molecular formula is C28H32F2N4O2. The number of fused-ring (bicyclic) bond motifs is 3. The number of nitrogens with two attached hydrogens (primary N) is 1. The lowest BCUT2D eigenvalue weighted by molar-refractivity contribution is -0.179. The molecule has 1 saturated carbocycles. The molecule has 6 rings (SSSR count). The normalized spacial score (nSPS) is 31.1. The van der Waals surface area contributed by atoms with Crippen LogP contribution < -0.4 is 11.1 Å². The van der Waals surface area contributed by atoms with Crippen molar-refractivity contribution in [3.63, 3.8) is 0 Å². The van der Waals surface area contributed by atoms with E-state index in [9.17, 15) is 13.6 Å². The second kappa shape index (κ2) is 8.35. The van der Waals surface area contributed by atoms with Crippen LogP contribution in [0.2, 0.25) is 0 Å². The van der Waals surface area contributed by atoms with Gasteiger partial charge in [0.1, 0.15) is 0 Å². The number of hydrogen-bond acceptors (Lipinski definition) is 5. The minimum absolute atomic E-state index is 0.102. The first-order valence-electron chi connectivity index (χ1n) is 12.8. The van der Waals surface area contributed by atoms with Gasteiger partial charge in [-0.2, -0.15) is 8.78 Å². The molecule has 2 aromatic rings. The second-order valence-electron chi connectivity index (χ2n) is 11.0. The summed E-state index contributed by atoms with van der Waals surface area (Å²) in [5.41, 5.74) is 10.1. The maximum absolute atomic E-state index is 14.2. The molecule has 1 amide bonds. The Bertz CT molecular complexity index is 1230. The minimum atomic E-state index is -2.79. The number of amides is 1. The highest BCUT2D eigenvalue weighted by Crippen LogP contribution is 2.62. The number of nitrogens with one attached hydrogen (secondary N) is 1. The van der Waals surface area contributed by atoms with Crippen LogP contribution in [0.1, 0.15) is 62.3 Å². The third-order valence-corrected chi connectivity index (χ3v) is 8.59. The molecule has 0 bridgehead atoms. The molecule has 2 spiro atoms. The van der Waals surface area contributed by atoms with E-state index in [-0.39, 0.29) is 17.9 Å². The van der Waals surface area contributed by atoms with Crippen molar-refractivity contribution in [1.82, 2.24) is 10.2 Å². The standard InChI is InChI=1S/C28H32F2N4O2/c1-16(2)34-24(35)28(33-26(34)31)22-13-18(17-4-3-5-19(12-17)23-15-32-23)6-7-20(22)14-27(28)10-8-21(9-11-27)36-25(29)30/h3-7,12-13,16,21,23,25,32H,8-11,14-15H2,1-2H3,(H2,31,33). The predicted molar refractivity (Wildman–Crippen MR) is 133 cm³/mol. The smallest absolute Gasteiger partial charge is 0.345 e. The summed E-state index contributed by atoms with van der Waals surface area (Å²) in [7, 11) is 0. The summed E-state index contributed by atoms with van der Waals surface area (Å²) in [6.07, 6.45) is 2.24. The molecule has 1 saturated heterocycles. The Balaban J connectivity index is 1.44. The first-order valence-corrected chi connectivity index (χ1v) is 12.8. The fourth-order valence-corrected chi connectivity index (χ4v) is 6.79. The molecule has 0 radical (unpaired) electrons. The van der Waals surface area contributed by atoms with Crippen LogP contribution in [0, 0.1) is 5.41 Å². The molecule has 2 aromatic carbocycles. The van der Waals surface area contributed by atoms with Crippen molar-refractivity contribution in [2.45, 2.75) is 76.3 Å². The van der Waals surface area contributed by atoms with Gasteiger partial charge in [-0.15, -0.1) is 0 Å². The van der Waals surface area contributed by atoms with Gasteiger partial charge in [-0.3, -0.25) is 9.69 Å². The summed E-state index contributed by atoms with van der Waals surface area (Å²) in [5, 5.41) is 3.35. The fourth-order valence-electron chi connectivity index (χ4n) is 6.79. The van der Waals surface area contributed by atoms with Gasteiger partial charge in [-0.1, -0.05) is 30.3 Å². The van der Waals surface area contributed by atoms with Crippen LogP contribution in [0.4, 0.5) is 8.78 Å². The van der Waals surface area contributed by atoms with E-state index in [0.29, 0.717) is 38.1 Å². The van der Waals surface area contributed by atoms with Crippen molar-refractivity contribution >= 4 is 11.9 Å². The Labute approximate surface area is 209 Å². The number of carbonyl (C=O) groups excluding carboxylic acids is 1. The first kappa shape index (κ1) is 23.6. The molecule has 190 valence electrons. The molecule has 2 fully saturated rings. The highest BCUT2D eigenvalue weighted by atomic mass is 19.3. The second-order valence-corrected chi connectivity index (χ2v) is 11.0. The first-order chi connectivity index (χ1) is 17.2. The highest BCUT2D eigenvalue weighted by molar-refractivity contribution is 6.08. The number of halogens is 2. The fraction of sp³-hybridized carbons (Fsp3) is 0.500. The monoisotopic (exact) mass is 494 g/mol. The van der Waals surface area contributed by atoms with Crippen molar-refractivity contribution in [3.05, 3.63) is 59.2 Å². The van der Waals surface area contributed by atoms with Crippen molar-refractivity contribution in [3.8, 4) is 11.1 Å². The van der Waals surface area contributed by atoms with Crippen LogP contribution in [0.25, 0.3) is 11.1 Å². The van der Waals surface area contributed by atoms with E-state index in [2.05, 4.69) is 47.8 Å². The van der Waals surface area contributed by atoms with E-state index in [1.54, 1.807) is 4.90 Å². The summed E-state index contributed by atoms with van der Waals surface area (Å²) >= 11 is 0. The van der Waals surface area contributed by atoms with Gasteiger partial charge in [0.15, 0.2) is 11.5 Å². The van der Waals surface area contributed by atoms with Gasteiger partial charge >= 0.3 is 6.61 Å². The average Bonchev–Trinajstić information content (AvgIpc) is 3.61. The third-order valence-electron chi connectivity index (χ3n) is 8.59. The molecule has 2 unspecified atom stereocenters. The van der Waals surface area contributed by atoms with E-state index >= 15 is 0 Å². The zero-order valence-corrected chi connectivity index (χ0v) is 20.6. The lowest BCUT2D eigenvalue weighted by Gasteiger charge is -2.45. The van der Waals surface area contributed by atoms with E-state index in [1.807, 2.05) is 13.8 Å². The molecular weight excluding hydrogens is 462 g/mol. The Morgan fingerprint density at radius 3 is 2.50 bits per heavy atom. The van der Waals surface area contributed by atoms with E-state index < -0.39 is 23.7 Å². The Kier molecular flexibility index (Phi) is 5.46. The molecule has 4 aliphatic rings. The lowest BCUT2D eigenvalue weighted by Crippen LogP contribution is -2.53. The number of benzene rings is 2. The van der Waals surface area contributed by atoms with Gasteiger partial charge in [0.25, 0.3) is 5.91 Å². The average molecular weight is 495 g/mol. The van der Waals surface area contributed by atoms with E-state index in [4.69, 9.17) is 15.5 Å². The van der Waals surface area contributed by atoms with Crippen LogP contribution in [0.3, 0.4) is 0 Å². The number of alkyl halides is 2. The maximum atomic E-state index is 14.2. The number of carbonyl (C=O) groups is 1. The molecule has 2 aliphatic heterocycles. The summed E-state index contributed by atoms with van der Waals surface area (Å²) in [4.78, 5) is 20.8. The maximum Gasteiger partial charge on any atom is 0.345 e. The van der Waals surface area contributed by atoms with Crippen LogP contribution in [0.15, 0.2) is 47.5 Å². The largest absolute Gasteiger partial charge is 0.369 e. The lowest BCUT2D eigenvalue weighted by atomic mass is 9.61. The third kappa shape index (κ3) is 3.49. The predicted octanol–water partition coefficient (Wildman–Crippen LogP) is 4.48. The van der Waals surface area contributed by atoms with Crippen LogP contribution >= 0.6 is 0 Å². The van der Waals surface area contributed by atoms with Crippen molar-refractivity contribution in [1.29, 1.82) is 0 Å². The molecule has 2 heterocycles. The summed E-state index contributed by atoms with van der Waals surface area (Å²) in [6.45, 7) is 2.07. The molecule has 0 aromatic heterocycles. The highest BCUT2D eigenvalue weighted by Gasteiger charge is 2.67. The quantitative estimate of drug-likeness (QED) is 0.600. The molecule has 8 heteroatoms. The molecule has 3 N–H and O–H groups in total. The number of guanidine groups is 1. The summed E-state index contributed by atoms with van der Waals surface area (Å²) < 4.78 is 30.7. The Morgan fingerprint density at radius 2 is 1.86 bits per heavy atom. The van der Waals surface area contributed by atoms with Crippen molar-refractivity contribution in [2.24, 2.45) is 16.1 Å². The SMILES string of the molecule is CC(C)N1C(=O)C2(N=C1N)c1cc(-c3cccc(C4CN4)c3)ccc1CC21CCC(OC(F)F)CC1. The summed E-state index contributed by atoms with van der Waals surface area (Å²) in [6, 6.07) is 15.1. The van der Waals surface area contributed by atoms with Crippen molar-refractivity contribution < 1.29 is 18.3 Å². The number of aliphatic imine (C=N–C) groups is 1. The molecule has 6 nitrogen and oxygen atoms in total. The molecule has 36 heavy (non-hydrogen) atoms. The van der Waals surface area contributed by atoms with Crippen LogP contribution in [0.5, 0.6) is 0 Å². The van der Waals surface area contributed by atoms with Gasteiger partial charge in [-0.25, -0.2) is 4.99 Å². The molecule has 2 atom stereocenters. The zero-order chi connectivity index (χ0) is 25.2. The zero-order valence-electron chi connectivity index (χ0n) is 20.6. The van der Waals surface area contributed by atoms with Crippen LogP contribution in [-0.2, 0) is 21.5 Å². The van der Waals surface area contributed by atoms with Gasteiger partial charge in [0.05, 0.1) is 6.10 Å².